The number of rotatable bonds is 6. The molecule has 152 valence electrons. The molecule has 3 rings (SSSR count). The van der Waals surface area contributed by atoms with Crippen LogP contribution in [-0.4, -0.2) is 13.2 Å². The van der Waals surface area contributed by atoms with Gasteiger partial charge in [0.25, 0.3) is 0 Å². The van der Waals surface area contributed by atoms with Gasteiger partial charge in [0.15, 0.2) is 11.6 Å². The molecule has 0 saturated heterocycles. The van der Waals surface area contributed by atoms with Crippen LogP contribution in [0.1, 0.15) is 56.9 Å². The van der Waals surface area contributed by atoms with Gasteiger partial charge in [-0.1, -0.05) is 76.0 Å². The van der Waals surface area contributed by atoms with Gasteiger partial charge in [0.2, 0.25) is 0 Å². The van der Waals surface area contributed by atoms with Crippen LogP contribution in [0.5, 0.6) is 5.75 Å². The Kier molecular flexibility index (Phi) is 6.59. The monoisotopic (exact) mass is 402 g/mol. The molecule has 0 radical (unpaired) electrons. The van der Waals surface area contributed by atoms with Crippen molar-refractivity contribution in [1.29, 1.82) is 0 Å². The van der Waals surface area contributed by atoms with E-state index in [1.165, 1.54) is 31.0 Å². The third-order valence-corrected chi connectivity index (χ3v) is 11.2. The molecule has 0 aromatic heterocycles. The highest BCUT2D eigenvalue weighted by Gasteiger charge is 2.35. The van der Waals surface area contributed by atoms with Crippen molar-refractivity contribution >= 4 is 8.07 Å². The molecule has 1 aliphatic carbocycles. The Morgan fingerprint density at radius 2 is 1.57 bits per heavy atom. The van der Waals surface area contributed by atoms with Gasteiger partial charge in [-0.3, -0.25) is 0 Å². The summed E-state index contributed by atoms with van der Waals surface area (Å²) in [6.07, 6.45) is 6.79. The molecule has 0 aliphatic heterocycles. The summed E-state index contributed by atoms with van der Waals surface area (Å²) in [6, 6.07) is 11.0. The molecule has 1 N–H and O–H groups in total. The summed E-state index contributed by atoms with van der Waals surface area (Å²) in [7, 11) is -1.22. The summed E-state index contributed by atoms with van der Waals surface area (Å²) in [5.74, 6) is -1.24. The van der Waals surface area contributed by atoms with Gasteiger partial charge >= 0.3 is 0 Å². The third-order valence-electron chi connectivity index (χ3n) is 6.74. The Morgan fingerprint density at radius 3 is 2.18 bits per heavy atom. The predicted octanol–water partition coefficient (Wildman–Crippen LogP) is 7.87. The molecule has 0 unspecified atom stereocenters. The summed E-state index contributed by atoms with van der Waals surface area (Å²) in [5.41, 5.74) is 2.17. The highest BCUT2D eigenvalue weighted by atomic mass is 28.3. The highest BCUT2D eigenvalue weighted by molar-refractivity contribution is 6.78. The Bertz CT molecular complexity index is 793. The number of phenolic OH excluding ortho intramolecular Hbond substituents is 1. The van der Waals surface area contributed by atoms with Gasteiger partial charge in [0.1, 0.15) is 5.75 Å². The molecule has 1 aliphatic rings. The Hall–Kier alpha value is -1.68. The first-order chi connectivity index (χ1) is 13.3. The summed E-state index contributed by atoms with van der Waals surface area (Å²) in [5, 5.41) is 9.40. The number of phenols is 1. The number of unbranched alkanes of at least 4 members (excludes halogenated alkanes) is 1. The largest absolute Gasteiger partial charge is 0.508 e. The van der Waals surface area contributed by atoms with Crippen LogP contribution in [0.4, 0.5) is 8.78 Å². The fraction of sp³-hybridized carbons (Fsp3) is 0.500. The average Bonchev–Trinajstić information content (AvgIpc) is 2.69. The van der Waals surface area contributed by atoms with E-state index in [0.29, 0.717) is 11.1 Å². The minimum Gasteiger partial charge on any atom is -0.508 e. The molecule has 0 heterocycles. The number of benzene rings is 2. The van der Waals surface area contributed by atoms with Crippen LogP contribution in [-0.2, 0) is 0 Å². The first-order valence-corrected chi connectivity index (χ1v) is 13.9. The molecule has 1 fully saturated rings. The standard InChI is InChI=1S/C24H32F2OSi/c1-4-5-16-28(2,3)20-12-8-18(9-13-20)22-15-14-21(23(25)24(22)26)17-6-10-19(27)11-7-17/h6-7,10-11,14-15,18,20,27H,4-5,8-9,12-13,16H2,1-3H3. The zero-order chi connectivity index (χ0) is 20.3. The van der Waals surface area contributed by atoms with Crippen molar-refractivity contribution in [2.24, 2.45) is 0 Å². The molecule has 1 saturated carbocycles. The van der Waals surface area contributed by atoms with E-state index in [0.717, 1.165) is 31.2 Å². The van der Waals surface area contributed by atoms with Crippen molar-refractivity contribution in [2.45, 2.75) is 76.0 Å². The Labute approximate surface area is 168 Å². The van der Waals surface area contributed by atoms with Gasteiger partial charge in [-0.05, 0) is 47.6 Å². The second-order valence-corrected chi connectivity index (χ2v) is 14.3. The Balaban J connectivity index is 1.73. The maximum absolute atomic E-state index is 14.9. The summed E-state index contributed by atoms with van der Waals surface area (Å²) >= 11 is 0. The van der Waals surface area contributed by atoms with Crippen LogP contribution < -0.4 is 0 Å². The van der Waals surface area contributed by atoms with Crippen molar-refractivity contribution in [3.8, 4) is 16.9 Å². The second-order valence-electron chi connectivity index (χ2n) is 9.02. The fourth-order valence-corrected chi connectivity index (χ4v) is 8.34. The molecule has 2 aromatic carbocycles. The lowest BCUT2D eigenvalue weighted by Crippen LogP contribution is -2.34. The lowest BCUT2D eigenvalue weighted by molar-refractivity contribution is 0.411. The van der Waals surface area contributed by atoms with Crippen LogP contribution in [0.2, 0.25) is 24.7 Å². The quantitative estimate of drug-likeness (QED) is 0.487. The van der Waals surface area contributed by atoms with Crippen molar-refractivity contribution in [1.82, 2.24) is 0 Å². The van der Waals surface area contributed by atoms with Crippen LogP contribution in [0.25, 0.3) is 11.1 Å². The van der Waals surface area contributed by atoms with E-state index in [4.69, 9.17) is 0 Å². The van der Waals surface area contributed by atoms with Crippen LogP contribution in [0.3, 0.4) is 0 Å². The SMILES string of the molecule is CCCC[Si](C)(C)C1CCC(c2ccc(-c3ccc(O)cc3)c(F)c2F)CC1. The van der Waals surface area contributed by atoms with Crippen molar-refractivity contribution in [3.63, 3.8) is 0 Å². The molecule has 2 aromatic rings. The van der Waals surface area contributed by atoms with E-state index in [1.54, 1.807) is 24.3 Å². The number of hydrogen-bond donors (Lipinski definition) is 1. The van der Waals surface area contributed by atoms with E-state index in [9.17, 15) is 13.9 Å². The second kappa shape index (κ2) is 8.77. The lowest BCUT2D eigenvalue weighted by atomic mass is 9.83. The third kappa shape index (κ3) is 4.48. The number of aromatic hydroxyl groups is 1. The molecule has 0 atom stereocenters. The first-order valence-electron chi connectivity index (χ1n) is 10.6. The van der Waals surface area contributed by atoms with Gasteiger partial charge in [-0.15, -0.1) is 0 Å². The first kappa shape index (κ1) is 21.0. The molecule has 4 heteroatoms. The molecular weight excluding hydrogens is 370 g/mol. The lowest BCUT2D eigenvalue weighted by Gasteiger charge is -2.38. The van der Waals surface area contributed by atoms with E-state index < -0.39 is 19.7 Å². The van der Waals surface area contributed by atoms with E-state index in [2.05, 4.69) is 20.0 Å². The smallest absolute Gasteiger partial charge is 0.166 e. The van der Waals surface area contributed by atoms with Gasteiger partial charge in [0.05, 0.1) is 8.07 Å². The van der Waals surface area contributed by atoms with E-state index >= 15 is 0 Å². The molecule has 0 bridgehead atoms. The molecular formula is C24H32F2OSi. The van der Waals surface area contributed by atoms with Crippen LogP contribution in [0, 0.1) is 11.6 Å². The van der Waals surface area contributed by atoms with Crippen LogP contribution >= 0.6 is 0 Å². The van der Waals surface area contributed by atoms with Crippen molar-refractivity contribution < 1.29 is 13.9 Å². The number of hydrogen-bond acceptors (Lipinski definition) is 1. The van der Waals surface area contributed by atoms with Crippen LogP contribution in [0.15, 0.2) is 36.4 Å². The predicted molar refractivity (Wildman–Crippen MR) is 116 cm³/mol. The van der Waals surface area contributed by atoms with Crippen molar-refractivity contribution in [2.75, 3.05) is 0 Å². The van der Waals surface area contributed by atoms with E-state index in [-0.39, 0.29) is 17.2 Å². The zero-order valence-corrected chi connectivity index (χ0v) is 18.3. The van der Waals surface area contributed by atoms with Gasteiger partial charge in [-0.25, -0.2) is 8.78 Å². The van der Waals surface area contributed by atoms with Gasteiger partial charge in [0, 0.05) is 5.56 Å². The fourth-order valence-electron chi connectivity index (χ4n) is 4.77. The molecule has 0 amide bonds. The zero-order valence-electron chi connectivity index (χ0n) is 17.3. The van der Waals surface area contributed by atoms with Gasteiger partial charge in [-0.2, -0.15) is 0 Å². The average molecular weight is 403 g/mol. The highest BCUT2D eigenvalue weighted by Crippen LogP contribution is 2.46. The molecule has 1 nitrogen and oxygen atoms in total. The van der Waals surface area contributed by atoms with E-state index in [1.807, 2.05) is 0 Å². The summed E-state index contributed by atoms with van der Waals surface area (Å²) in [6.45, 7) is 7.25. The topological polar surface area (TPSA) is 20.2 Å². The minimum absolute atomic E-state index is 0.114. The maximum atomic E-state index is 14.9. The van der Waals surface area contributed by atoms with Gasteiger partial charge < -0.3 is 5.11 Å². The molecule has 0 spiro atoms. The summed E-state index contributed by atoms with van der Waals surface area (Å²) < 4.78 is 29.7. The van der Waals surface area contributed by atoms with Crippen molar-refractivity contribution in [3.05, 3.63) is 53.6 Å². The summed E-state index contributed by atoms with van der Waals surface area (Å²) in [4.78, 5) is 0. The molecule has 28 heavy (non-hydrogen) atoms. The minimum atomic E-state index is -1.22. The maximum Gasteiger partial charge on any atom is 0.166 e. The number of halogens is 2. The normalized spacial score (nSPS) is 20.3. The Morgan fingerprint density at radius 1 is 0.929 bits per heavy atom.